The summed E-state index contributed by atoms with van der Waals surface area (Å²) in [6.07, 6.45) is 13.0. The number of allylic oxidation sites excluding steroid dienone is 2. The monoisotopic (exact) mass is 319 g/mol. The summed E-state index contributed by atoms with van der Waals surface area (Å²) in [6.45, 7) is 14.5. The second-order valence-corrected chi connectivity index (χ2v) is 8.31. The van der Waals surface area contributed by atoms with Gasteiger partial charge in [-0.15, -0.1) is 0 Å². The lowest BCUT2D eigenvalue weighted by Gasteiger charge is -2.34. The fourth-order valence-electron chi connectivity index (χ4n) is 3.90. The normalized spacial score (nSPS) is 23.8. The minimum Gasteiger partial charge on any atom is -0.372 e. The van der Waals surface area contributed by atoms with Gasteiger partial charge in [-0.05, 0) is 49.3 Å². The molecule has 132 valence electrons. The van der Waals surface area contributed by atoms with Crippen molar-refractivity contribution in [1.29, 1.82) is 0 Å². The molecule has 2 heteroatoms. The van der Waals surface area contributed by atoms with Gasteiger partial charge in [0.2, 0.25) is 0 Å². The molecule has 0 heterocycles. The number of hydrogen-bond acceptors (Lipinski definition) is 2. The molecule has 0 saturated heterocycles. The Morgan fingerprint density at radius 3 is 2.43 bits per heavy atom. The van der Waals surface area contributed by atoms with Crippen molar-refractivity contribution in [2.24, 2.45) is 5.41 Å². The first kappa shape index (κ1) is 18.7. The molecule has 0 aromatic carbocycles. The summed E-state index contributed by atoms with van der Waals surface area (Å²) < 4.78 is 6.22. The maximum atomic E-state index is 6.22. The van der Waals surface area contributed by atoms with Crippen molar-refractivity contribution in [2.75, 3.05) is 19.7 Å². The van der Waals surface area contributed by atoms with Crippen molar-refractivity contribution in [2.45, 2.75) is 85.3 Å². The average Bonchev–Trinajstić information content (AvgIpc) is 2.52. The number of likely N-dealkylation sites (N-methyl/N-ethyl adjacent to an activating group) is 1. The maximum Gasteiger partial charge on any atom is 0.0820 e. The Kier molecular flexibility index (Phi) is 6.91. The van der Waals surface area contributed by atoms with Crippen LogP contribution in [0.1, 0.15) is 73.1 Å². The second kappa shape index (κ2) is 8.48. The van der Waals surface area contributed by atoms with E-state index in [2.05, 4.69) is 51.7 Å². The topological polar surface area (TPSA) is 12.5 Å². The maximum absolute atomic E-state index is 6.22. The number of nitrogens with zero attached hydrogens (tertiary/aromatic N) is 1. The Morgan fingerprint density at radius 1 is 1.17 bits per heavy atom. The Balaban J connectivity index is 1.78. The van der Waals surface area contributed by atoms with Crippen LogP contribution >= 0.6 is 0 Å². The fraction of sp³-hybridized carbons (Fsp3) is 0.810. The van der Waals surface area contributed by atoms with E-state index in [-0.39, 0.29) is 11.5 Å². The molecule has 2 rings (SSSR count). The van der Waals surface area contributed by atoms with Crippen molar-refractivity contribution in [3.63, 3.8) is 0 Å². The van der Waals surface area contributed by atoms with Crippen LogP contribution in [0.3, 0.4) is 0 Å². The molecule has 1 unspecified atom stereocenters. The van der Waals surface area contributed by atoms with Crippen LogP contribution < -0.4 is 0 Å². The fourth-order valence-corrected chi connectivity index (χ4v) is 3.90. The van der Waals surface area contributed by atoms with E-state index in [4.69, 9.17) is 4.74 Å². The minimum atomic E-state index is 0.242. The molecule has 2 aliphatic rings. The Labute approximate surface area is 144 Å². The van der Waals surface area contributed by atoms with Crippen LogP contribution in [0.15, 0.2) is 23.3 Å². The third-order valence-corrected chi connectivity index (χ3v) is 5.50. The van der Waals surface area contributed by atoms with Crippen molar-refractivity contribution in [1.82, 2.24) is 4.90 Å². The molecule has 23 heavy (non-hydrogen) atoms. The average molecular weight is 320 g/mol. The summed E-state index contributed by atoms with van der Waals surface area (Å²) in [6, 6.07) is 0.799. The molecule has 1 fully saturated rings. The third-order valence-electron chi connectivity index (χ3n) is 5.50. The first-order valence-electron chi connectivity index (χ1n) is 9.66. The Bertz CT molecular complexity index is 424. The van der Waals surface area contributed by atoms with Gasteiger partial charge < -0.3 is 4.74 Å². The van der Waals surface area contributed by atoms with E-state index in [1.807, 2.05) is 0 Å². The van der Waals surface area contributed by atoms with Crippen molar-refractivity contribution in [3.8, 4) is 0 Å². The smallest absolute Gasteiger partial charge is 0.0820 e. The Morgan fingerprint density at radius 2 is 1.87 bits per heavy atom. The largest absolute Gasteiger partial charge is 0.372 e. The summed E-state index contributed by atoms with van der Waals surface area (Å²) in [5.74, 6) is 0. The van der Waals surface area contributed by atoms with Crippen molar-refractivity contribution >= 4 is 0 Å². The van der Waals surface area contributed by atoms with Gasteiger partial charge in [0.15, 0.2) is 0 Å². The predicted molar refractivity (Wildman–Crippen MR) is 99.8 cm³/mol. The Hall–Kier alpha value is -0.600. The summed E-state index contributed by atoms with van der Waals surface area (Å²) >= 11 is 0. The van der Waals surface area contributed by atoms with Gasteiger partial charge in [-0.1, -0.05) is 59.1 Å². The molecule has 0 amide bonds. The first-order chi connectivity index (χ1) is 10.9. The number of hydrogen-bond donors (Lipinski definition) is 0. The van der Waals surface area contributed by atoms with E-state index in [1.165, 1.54) is 43.3 Å². The summed E-state index contributed by atoms with van der Waals surface area (Å²) in [5.41, 5.74) is 3.08. The molecule has 0 bridgehead atoms. The predicted octanol–water partition coefficient (Wildman–Crippen LogP) is 5.35. The standard InChI is InChI=1S/C21H37NO/c1-6-22(19-10-8-7-9-11-19)14-15-23-20-13-12-18(16-17(20)2)21(3,4)5/h12,16,19-20H,6-11,13-15H2,1-5H3. The molecule has 2 aliphatic carbocycles. The van der Waals surface area contributed by atoms with Crippen LogP contribution in [0.2, 0.25) is 0 Å². The van der Waals surface area contributed by atoms with Gasteiger partial charge in [0, 0.05) is 12.6 Å². The van der Waals surface area contributed by atoms with Crippen molar-refractivity contribution < 1.29 is 4.74 Å². The van der Waals surface area contributed by atoms with E-state index in [1.54, 1.807) is 0 Å². The molecule has 0 N–H and O–H groups in total. The zero-order valence-corrected chi connectivity index (χ0v) is 16.0. The van der Waals surface area contributed by atoms with Gasteiger partial charge >= 0.3 is 0 Å². The van der Waals surface area contributed by atoms with Gasteiger partial charge in [0.05, 0.1) is 12.7 Å². The molecule has 1 atom stereocenters. The molecular weight excluding hydrogens is 282 g/mol. The van der Waals surface area contributed by atoms with E-state index in [0.29, 0.717) is 0 Å². The van der Waals surface area contributed by atoms with Gasteiger partial charge in [-0.2, -0.15) is 0 Å². The van der Waals surface area contributed by atoms with E-state index in [0.717, 1.165) is 32.2 Å². The SMILES string of the molecule is CCN(CCOC1CC=C(C(C)(C)C)C=C1C)C1CCCCC1. The lowest BCUT2D eigenvalue weighted by molar-refractivity contribution is 0.0446. The minimum absolute atomic E-state index is 0.242. The van der Waals surface area contributed by atoms with Crippen molar-refractivity contribution in [3.05, 3.63) is 23.3 Å². The van der Waals surface area contributed by atoms with Crippen LogP contribution in [0.25, 0.3) is 0 Å². The zero-order valence-electron chi connectivity index (χ0n) is 16.0. The highest BCUT2D eigenvalue weighted by molar-refractivity contribution is 5.33. The number of rotatable bonds is 6. The summed E-state index contributed by atoms with van der Waals surface area (Å²) in [7, 11) is 0. The molecule has 0 radical (unpaired) electrons. The van der Waals surface area contributed by atoms with Crippen LogP contribution in [0, 0.1) is 5.41 Å². The van der Waals surface area contributed by atoms with E-state index in [9.17, 15) is 0 Å². The second-order valence-electron chi connectivity index (χ2n) is 8.31. The quantitative estimate of drug-likeness (QED) is 0.654. The van der Waals surface area contributed by atoms with E-state index < -0.39 is 0 Å². The zero-order chi connectivity index (χ0) is 16.9. The molecular formula is C21H37NO. The first-order valence-corrected chi connectivity index (χ1v) is 9.66. The molecule has 0 aromatic heterocycles. The third kappa shape index (κ3) is 5.46. The highest BCUT2D eigenvalue weighted by Gasteiger charge is 2.23. The summed E-state index contributed by atoms with van der Waals surface area (Å²) in [4.78, 5) is 2.64. The highest BCUT2D eigenvalue weighted by Crippen LogP contribution is 2.32. The highest BCUT2D eigenvalue weighted by atomic mass is 16.5. The van der Waals surface area contributed by atoms with Crippen LogP contribution in [-0.2, 0) is 4.74 Å². The lowest BCUT2D eigenvalue weighted by atomic mass is 9.81. The summed E-state index contributed by atoms with van der Waals surface area (Å²) in [5, 5.41) is 0. The number of ether oxygens (including phenoxy) is 1. The van der Waals surface area contributed by atoms with Gasteiger partial charge in [0.25, 0.3) is 0 Å². The van der Waals surface area contributed by atoms with Crippen LogP contribution in [-0.4, -0.2) is 36.7 Å². The van der Waals surface area contributed by atoms with Crippen LogP contribution in [0.4, 0.5) is 0 Å². The molecule has 2 nitrogen and oxygen atoms in total. The van der Waals surface area contributed by atoms with Gasteiger partial charge in [0.1, 0.15) is 0 Å². The molecule has 0 spiro atoms. The van der Waals surface area contributed by atoms with Gasteiger partial charge in [-0.3, -0.25) is 4.90 Å². The molecule has 0 aromatic rings. The molecule has 1 saturated carbocycles. The molecule has 0 aliphatic heterocycles. The van der Waals surface area contributed by atoms with Crippen LogP contribution in [0.5, 0.6) is 0 Å². The van der Waals surface area contributed by atoms with Gasteiger partial charge in [-0.25, -0.2) is 0 Å². The lowest BCUT2D eigenvalue weighted by Crippen LogP contribution is -2.39. The van der Waals surface area contributed by atoms with E-state index >= 15 is 0 Å².